The molecule has 2 nitrogen and oxygen atoms in total. The summed E-state index contributed by atoms with van der Waals surface area (Å²) in [5.74, 6) is 0. The van der Waals surface area contributed by atoms with Gasteiger partial charge in [-0.3, -0.25) is 0 Å². The first-order valence-electron chi connectivity index (χ1n) is 20.4. The van der Waals surface area contributed by atoms with Crippen molar-refractivity contribution < 1.29 is 4.42 Å². The summed E-state index contributed by atoms with van der Waals surface area (Å²) in [7, 11) is 0. The van der Waals surface area contributed by atoms with Crippen molar-refractivity contribution in [1.29, 1.82) is 0 Å². The highest BCUT2D eigenvalue weighted by atomic mass is 16.3. The zero-order valence-corrected chi connectivity index (χ0v) is 33.1. The molecule has 0 saturated carbocycles. The first-order valence-corrected chi connectivity index (χ1v) is 20.4. The van der Waals surface area contributed by atoms with Gasteiger partial charge >= 0.3 is 0 Å². The highest BCUT2D eigenvalue weighted by Gasteiger charge is 2.37. The smallest absolute Gasteiger partial charge is 0.143 e. The number of anilines is 3. The highest BCUT2D eigenvalue weighted by Crippen LogP contribution is 2.53. The van der Waals surface area contributed by atoms with Crippen molar-refractivity contribution in [3.63, 3.8) is 0 Å². The number of furan rings is 1. The third kappa shape index (κ3) is 4.60. The Morgan fingerprint density at radius 1 is 0.362 bits per heavy atom. The monoisotopic (exact) mass is 743 g/mol. The van der Waals surface area contributed by atoms with E-state index in [1.54, 1.807) is 0 Å². The molecule has 2 aliphatic carbocycles. The zero-order chi connectivity index (χ0) is 38.9. The Balaban J connectivity index is 1.09. The van der Waals surface area contributed by atoms with E-state index >= 15 is 0 Å². The fourth-order valence-electron chi connectivity index (χ4n) is 10.4. The molecule has 1 aromatic heterocycles. The van der Waals surface area contributed by atoms with E-state index in [1.165, 1.54) is 71.8 Å². The molecular formula is C56H41NO. The molecule has 0 saturated heterocycles. The van der Waals surface area contributed by atoms with Crippen molar-refractivity contribution in [2.24, 2.45) is 0 Å². The normalized spacial score (nSPS) is 14.5. The minimum absolute atomic E-state index is 0.125. The van der Waals surface area contributed by atoms with Gasteiger partial charge in [0.2, 0.25) is 0 Å². The molecule has 0 N–H and O–H groups in total. The predicted octanol–water partition coefficient (Wildman–Crippen LogP) is 15.6. The molecule has 9 aromatic carbocycles. The molecule has 0 atom stereocenters. The summed E-state index contributed by atoms with van der Waals surface area (Å²) in [5, 5.41) is 7.02. The predicted molar refractivity (Wildman–Crippen MR) is 244 cm³/mol. The minimum Gasteiger partial charge on any atom is -0.455 e. The lowest BCUT2D eigenvalue weighted by molar-refractivity contribution is 0.660. The molecule has 2 aliphatic rings. The molecule has 2 heteroatoms. The van der Waals surface area contributed by atoms with Crippen molar-refractivity contribution in [2.75, 3.05) is 4.90 Å². The lowest BCUT2D eigenvalue weighted by atomic mass is 9.82. The van der Waals surface area contributed by atoms with Gasteiger partial charge in [-0.1, -0.05) is 149 Å². The summed E-state index contributed by atoms with van der Waals surface area (Å²) >= 11 is 0. The van der Waals surface area contributed by atoms with Crippen LogP contribution in [0.15, 0.2) is 180 Å². The minimum atomic E-state index is -0.125. The molecule has 0 fully saturated rings. The number of hydrogen-bond donors (Lipinski definition) is 0. The molecule has 58 heavy (non-hydrogen) atoms. The van der Waals surface area contributed by atoms with Gasteiger partial charge in [0.1, 0.15) is 11.2 Å². The van der Waals surface area contributed by atoms with Crippen molar-refractivity contribution in [3.8, 4) is 33.4 Å². The molecule has 10 aromatic rings. The molecule has 0 spiro atoms. The number of rotatable bonds is 4. The third-order valence-corrected chi connectivity index (χ3v) is 13.4. The van der Waals surface area contributed by atoms with Gasteiger partial charge in [0.05, 0.1) is 0 Å². The summed E-state index contributed by atoms with van der Waals surface area (Å²) in [5.41, 5.74) is 18.1. The van der Waals surface area contributed by atoms with Gasteiger partial charge in [0, 0.05) is 44.1 Å². The van der Waals surface area contributed by atoms with Crippen LogP contribution in [0.1, 0.15) is 49.9 Å². The summed E-state index contributed by atoms with van der Waals surface area (Å²) in [6.07, 6.45) is 0. The highest BCUT2D eigenvalue weighted by molar-refractivity contribution is 6.20. The van der Waals surface area contributed by atoms with Crippen LogP contribution < -0.4 is 4.90 Å². The summed E-state index contributed by atoms with van der Waals surface area (Å²) < 4.78 is 6.80. The van der Waals surface area contributed by atoms with Crippen molar-refractivity contribution in [3.05, 3.63) is 198 Å². The van der Waals surface area contributed by atoms with Crippen LogP contribution in [0, 0.1) is 0 Å². The molecule has 0 amide bonds. The Bertz CT molecular complexity index is 3250. The SMILES string of the molecule is CC1(C)c2ccccc2-c2ccc(N(c3ccc4c(c3)C(C)(C)c3ccccc3-4)c3ccc4oc5c6ccccc6c(-c6ccc7ccccc7c6)cc5c4c3)cc21. The van der Waals surface area contributed by atoms with E-state index in [9.17, 15) is 0 Å². The van der Waals surface area contributed by atoms with Crippen LogP contribution in [-0.2, 0) is 10.8 Å². The van der Waals surface area contributed by atoms with E-state index in [4.69, 9.17) is 4.42 Å². The van der Waals surface area contributed by atoms with Crippen LogP contribution in [0.2, 0.25) is 0 Å². The Hall–Kier alpha value is -6.90. The van der Waals surface area contributed by atoms with Crippen LogP contribution in [-0.4, -0.2) is 0 Å². The van der Waals surface area contributed by atoms with Gasteiger partial charge in [-0.05, 0) is 126 Å². The second-order valence-corrected chi connectivity index (χ2v) is 17.3. The van der Waals surface area contributed by atoms with Crippen LogP contribution in [0.5, 0.6) is 0 Å². The molecule has 0 bridgehead atoms. The van der Waals surface area contributed by atoms with Crippen molar-refractivity contribution in [1.82, 2.24) is 0 Å². The topological polar surface area (TPSA) is 16.4 Å². The largest absolute Gasteiger partial charge is 0.455 e. The first kappa shape index (κ1) is 33.3. The average molecular weight is 744 g/mol. The van der Waals surface area contributed by atoms with E-state index in [0.717, 1.165) is 44.4 Å². The average Bonchev–Trinajstić information content (AvgIpc) is 3.82. The third-order valence-electron chi connectivity index (χ3n) is 13.4. The van der Waals surface area contributed by atoms with Crippen LogP contribution in [0.4, 0.5) is 17.1 Å². The molecule has 276 valence electrons. The second-order valence-electron chi connectivity index (χ2n) is 17.3. The Kier molecular flexibility index (Phi) is 6.78. The van der Waals surface area contributed by atoms with Gasteiger partial charge in [0.25, 0.3) is 0 Å². The lowest BCUT2D eigenvalue weighted by Gasteiger charge is -2.29. The summed E-state index contributed by atoms with van der Waals surface area (Å²) in [4.78, 5) is 2.46. The van der Waals surface area contributed by atoms with Crippen molar-refractivity contribution >= 4 is 60.5 Å². The van der Waals surface area contributed by atoms with E-state index in [0.29, 0.717) is 0 Å². The summed E-state index contributed by atoms with van der Waals surface area (Å²) in [6.45, 7) is 9.45. The first-order chi connectivity index (χ1) is 28.3. The molecule has 12 rings (SSSR count). The molecule has 0 radical (unpaired) electrons. The molecule has 1 heterocycles. The van der Waals surface area contributed by atoms with Crippen LogP contribution >= 0.6 is 0 Å². The fourth-order valence-corrected chi connectivity index (χ4v) is 10.4. The van der Waals surface area contributed by atoms with Crippen molar-refractivity contribution in [2.45, 2.75) is 38.5 Å². The molecule has 0 aliphatic heterocycles. The van der Waals surface area contributed by atoms with Crippen LogP contribution in [0.3, 0.4) is 0 Å². The maximum absolute atomic E-state index is 6.80. The maximum atomic E-state index is 6.80. The Morgan fingerprint density at radius 2 is 0.897 bits per heavy atom. The number of nitrogens with zero attached hydrogens (tertiary/aromatic N) is 1. The Labute approximate surface area is 338 Å². The van der Waals surface area contributed by atoms with E-state index in [2.05, 4.69) is 209 Å². The number of hydrogen-bond acceptors (Lipinski definition) is 2. The standard InChI is InChI=1S/C56H41NO/c1-55(2)49-19-11-9-16-41(49)43-26-23-38(31-51(43)55)57(39-24-27-44-42-17-10-12-20-50(42)56(3,4)52(44)32-39)37-25-28-53-47(30-37)48-33-46(40-15-7-8-18-45(40)54(48)58-53)36-22-21-34-13-5-6-14-35(34)29-36/h5-33H,1-4H3. The number of fused-ring (bicyclic) bond motifs is 12. The molecule has 0 unspecified atom stereocenters. The Morgan fingerprint density at radius 3 is 1.57 bits per heavy atom. The summed E-state index contributed by atoms with van der Waals surface area (Å²) in [6, 6.07) is 65.2. The van der Waals surface area contributed by atoms with E-state index < -0.39 is 0 Å². The van der Waals surface area contributed by atoms with E-state index in [1.807, 2.05) is 0 Å². The zero-order valence-electron chi connectivity index (χ0n) is 33.1. The lowest BCUT2D eigenvalue weighted by Crippen LogP contribution is -2.18. The fraction of sp³-hybridized carbons (Fsp3) is 0.107. The van der Waals surface area contributed by atoms with E-state index in [-0.39, 0.29) is 10.8 Å². The second kappa shape index (κ2) is 11.8. The van der Waals surface area contributed by atoms with Crippen LogP contribution in [0.25, 0.3) is 76.9 Å². The van der Waals surface area contributed by atoms with Gasteiger partial charge < -0.3 is 9.32 Å². The maximum Gasteiger partial charge on any atom is 0.143 e. The number of benzene rings is 9. The van der Waals surface area contributed by atoms with Gasteiger partial charge in [-0.2, -0.15) is 0 Å². The van der Waals surface area contributed by atoms with Gasteiger partial charge in [-0.25, -0.2) is 0 Å². The van der Waals surface area contributed by atoms with Gasteiger partial charge in [0.15, 0.2) is 0 Å². The molecular weight excluding hydrogens is 703 g/mol. The quantitative estimate of drug-likeness (QED) is 0.178. The van der Waals surface area contributed by atoms with Gasteiger partial charge in [-0.15, -0.1) is 0 Å².